The third-order valence-corrected chi connectivity index (χ3v) is 7.08. The molecule has 1 aliphatic rings. The molecule has 0 radical (unpaired) electrons. The summed E-state index contributed by atoms with van der Waals surface area (Å²) in [6.45, 7) is 2.02. The van der Waals surface area contributed by atoms with Gasteiger partial charge in [0.1, 0.15) is 11.3 Å². The molecule has 8 heteroatoms. The highest BCUT2D eigenvalue weighted by Crippen LogP contribution is 2.29. The summed E-state index contributed by atoms with van der Waals surface area (Å²) in [6.07, 6.45) is 0.412. The van der Waals surface area contributed by atoms with Crippen LogP contribution in [0.3, 0.4) is 0 Å². The van der Waals surface area contributed by atoms with Crippen molar-refractivity contribution < 1.29 is 22.0 Å². The zero-order valence-electron chi connectivity index (χ0n) is 14.6. The fraction of sp³-hybridized carbons (Fsp3) is 0.316. The Morgan fingerprint density at radius 1 is 1.22 bits per heavy atom. The summed E-state index contributed by atoms with van der Waals surface area (Å²) in [5.41, 5.74) is 1.39. The van der Waals surface area contributed by atoms with Crippen molar-refractivity contribution in [3.8, 4) is 0 Å². The van der Waals surface area contributed by atoms with E-state index in [-0.39, 0.29) is 29.7 Å². The highest BCUT2D eigenvalue weighted by Gasteiger charge is 2.37. The molecule has 0 saturated carbocycles. The molecule has 1 amide bonds. The molecule has 0 unspecified atom stereocenters. The second kappa shape index (κ2) is 6.83. The van der Waals surface area contributed by atoms with Crippen molar-refractivity contribution in [1.82, 2.24) is 4.90 Å². The second-order valence-corrected chi connectivity index (χ2v) is 9.76. The molecule has 0 aliphatic carbocycles. The Morgan fingerprint density at radius 3 is 2.63 bits per heavy atom. The quantitative estimate of drug-likeness (QED) is 0.600. The highest BCUT2D eigenvalue weighted by atomic mass is 79.9. The third-order valence-electron chi connectivity index (χ3n) is 4.90. The van der Waals surface area contributed by atoms with E-state index in [1.165, 1.54) is 0 Å². The topological polar surface area (TPSA) is 80.7 Å². The van der Waals surface area contributed by atoms with Crippen molar-refractivity contribution >= 4 is 42.6 Å². The van der Waals surface area contributed by atoms with Crippen LogP contribution in [0.5, 0.6) is 0 Å². The number of para-hydroxylation sites is 1. The summed E-state index contributed by atoms with van der Waals surface area (Å²) in [5, 5.41) is 0.876. The molecule has 3 aromatic rings. The monoisotopic (exact) mass is 451 g/mol. The standard InChI is InChI=1S/C19H18BrNO5S/c1-12-15-4-2-3-5-16(15)26-18(12)19(22)21(10-14-6-7-17(20)25-14)13-8-9-27(23,24)11-13/h2-7,13H,8-11H2,1H3/t13-/m1/s1. The van der Waals surface area contributed by atoms with Crippen LogP contribution in [0.15, 0.2) is 49.9 Å². The van der Waals surface area contributed by atoms with Gasteiger partial charge in [-0.2, -0.15) is 0 Å². The van der Waals surface area contributed by atoms with Crippen molar-refractivity contribution in [3.05, 3.63) is 58.2 Å². The first-order valence-electron chi connectivity index (χ1n) is 8.58. The van der Waals surface area contributed by atoms with Crippen LogP contribution >= 0.6 is 15.9 Å². The summed E-state index contributed by atoms with van der Waals surface area (Å²) >= 11 is 3.26. The molecule has 3 heterocycles. The maximum atomic E-state index is 13.3. The van der Waals surface area contributed by atoms with E-state index in [4.69, 9.17) is 8.83 Å². The summed E-state index contributed by atoms with van der Waals surface area (Å²) in [6, 6.07) is 10.6. The predicted molar refractivity (Wildman–Crippen MR) is 104 cm³/mol. The number of fused-ring (bicyclic) bond motifs is 1. The van der Waals surface area contributed by atoms with Crippen LogP contribution in [0.2, 0.25) is 0 Å². The van der Waals surface area contributed by atoms with Gasteiger partial charge in [0.2, 0.25) is 0 Å². The van der Waals surface area contributed by atoms with E-state index in [1.54, 1.807) is 17.0 Å². The van der Waals surface area contributed by atoms with Crippen LogP contribution in [0.25, 0.3) is 11.0 Å². The van der Waals surface area contributed by atoms with Crippen molar-refractivity contribution in [2.45, 2.75) is 25.9 Å². The van der Waals surface area contributed by atoms with E-state index in [0.29, 0.717) is 22.4 Å². The van der Waals surface area contributed by atoms with Crippen LogP contribution in [0.4, 0.5) is 0 Å². The molecule has 1 atom stereocenters. The number of carbonyl (C=O) groups is 1. The van der Waals surface area contributed by atoms with E-state index in [9.17, 15) is 13.2 Å². The predicted octanol–water partition coefficient (Wildman–Crippen LogP) is 3.93. The minimum Gasteiger partial charge on any atom is -0.452 e. The molecule has 6 nitrogen and oxygen atoms in total. The Hall–Kier alpha value is -2.06. The van der Waals surface area contributed by atoms with Gasteiger partial charge in [0, 0.05) is 17.0 Å². The van der Waals surface area contributed by atoms with Crippen LogP contribution in [-0.2, 0) is 16.4 Å². The number of rotatable bonds is 4. The van der Waals surface area contributed by atoms with E-state index in [0.717, 1.165) is 10.9 Å². The SMILES string of the molecule is Cc1c(C(=O)N(Cc2ccc(Br)o2)[C@@H]2CCS(=O)(=O)C2)oc2ccccc12. The molecule has 0 bridgehead atoms. The normalized spacial score (nSPS) is 18.8. The van der Waals surface area contributed by atoms with Gasteiger partial charge < -0.3 is 13.7 Å². The lowest BCUT2D eigenvalue weighted by Gasteiger charge is -2.26. The van der Waals surface area contributed by atoms with E-state index < -0.39 is 15.9 Å². The molecule has 1 saturated heterocycles. The number of hydrogen-bond donors (Lipinski definition) is 0. The fourth-order valence-electron chi connectivity index (χ4n) is 3.50. The molecule has 1 fully saturated rings. The number of sulfone groups is 1. The Balaban J connectivity index is 1.72. The molecular weight excluding hydrogens is 434 g/mol. The molecule has 0 spiro atoms. The van der Waals surface area contributed by atoms with Gasteiger partial charge in [0.15, 0.2) is 20.3 Å². The smallest absolute Gasteiger partial charge is 0.290 e. The van der Waals surface area contributed by atoms with Crippen LogP contribution in [0, 0.1) is 6.92 Å². The summed E-state index contributed by atoms with van der Waals surface area (Å²) in [7, 11) is -3.14. The first-order chi connectivity index (χ1) is 12.8. The third kappa shape index (κ3) is 3.55. The highest BCUT2D eigenvalue weighted by molar-refractivity contribution is 9.10. The number of hydrogen-bond acceptors (Lipinski definition) is 5. The van der Waals surface area contributed by atoms with Crippen LogP contribution in [-0.4, -0.2) is 36.8 Å². The van der Waals surface area contributed by atoms with Crippen LogP contribution in [0.1, 0.15) is 28.3 Å². The summed E-state index contributed by atoms with van der Waals surface area (Å²) in [5.74, 6) is 0.542. The molecule has 27 heavy (non-hydrogen) atoms. The molecule has 1 aliphatic heterocycles. The van der Waals surface area contributed by atoms with Gasteiger partial charge >= 0.3 is 0 Å². The molecule has 142 valence electrons. The summed E-state index contributed by atoms with van der Waals surface area (Å²) in [4.78, 5) is 14.9. The average molecular weight is 452 g/mol. The number of aryl methyl sites for hydroxylation is 1. The van der Waals surface area contributed by atoms with Crippen molar-refractivity contribution in [2.24, 2.45) is 0 Å². The molecule has 1 aromatic carbocycles. The molecule has 2 aromatic heterocycles. The zero-order chi connectivity index (χ0) is 19.2. The van der Waals surface area contributed by atoms with Gasteiger partial charge in [0.05, 0.1) is 18.1 Å². The molecule has 4 rings (SSSR count). The number of benzene rings is 1. The van der Waals surface area contributed by atoms with E-state index in [1.807, 2.05) is 31.2 Å². The Morgan fingerprint density at radius 2 is 2.00 bits per heavy atom. The van der Waals surface area contributed by atoms with E-state index in [2.05, 4.69) is 15.9 Å². The second-order valence-electron chi connectivity index (χ2n) is 6.75. The molecule has 0 N–H and O–H groups in total. The fourth-order valence-corrected chi connectivity index (χ4v) is 5.57. The lowest BCUT2D eigenvalue weighted by atomic mass is 10.1. The van der Waals surface area contributed by atoms with E-state index >= 15 is 0 Å². The Kier molecular flexibility index (Phi) is 4.63. The first-order valence-corrected chi connectivity index (χ1v) is 11.2. The minimum atomic E-state index is -3.14. The van der Waals surface area contributed by atoms with Crippen molar-refractivity contribution in [3.63, 3.8) is 0 Å². The van der Waals surface area contributed by atoms with Gasteiger partial charge in [0.25, 0.3) is 5.91 Å². The average Bonchev–Trinajstić information content (AvgIpc) is 3.30. The van der Waals surface area contributed by atoms with Crippen molar-refractivity contribution in [1.29, 1.82) is 0 Å². The Bertz CT molecular complexity index is 1110. The minimum absolute atomic E-state index is 0.0418. The number of halogens is 1. The number of amides is 1. The Labute approximate surface area is 165 Å². The van der Waals surface area contributed by atoms with Crippen molar-refractivity contribution in [2.75, 3.05) is 11.5 Å². The molecular formula is C19H18BrNO5S. The lowest BCUT2D eigenvalue weighted by Crippen LogP contribution is -2.40. The number of carbonyl (C=O) groups excluding carboxylic acids is 1. The first kappa shape index (κ1) is 18.3. The maximum absolute atomic E-state index is 13.3. The largest absolute Gasteiger partial charge is 0.452 e. The lowest BCUT2D eigenvalue weighted by molar-refractivity contribution is 0.0634. The van der Waals surface area contributed by atoms with Gasteiger partial charge in [-0.3, -0.25) is 4.79 Å². The maximum Gasteiger partial charge on any atom is 0.290 e. The number of furan rings is 2. The van der Waals surface area contributed by atoms with Gasteiger partial charge in [-0.05, 0) is 47.5 Å². The number of nitrogens with zero attached hydrogens (tertiary/aromatic N) is 1. The van der Waals surface area contributed by atoms with Crippen LogP contribution < -0.4 is 0 Å². The van der Waals surface area contributed by atoms with Gasteiger partial charge in [-0.25, -0.2) is 8.42 Å². The zero-order valence-corrected chi connectivity index (χ0v) is 17.0. The van der Waals surface area contributed by atoms with Gasteiger partial charge in [-0.1, -0.05) is 18.2 Å². The van der Waals surface area contributed by atoms with Gasteiger partial charge in [-0.15, -0.1) is 0 Å². The summed E-state index contributed by atoms with van der Waals surface area (Å²) < 4.78 is 35.9.